The van der Waals surface area contributed by atoms with E-state index in [1.165, 1.54) is 22.5 Å². The third-order valence-corrected chi connectivity index (χ3v) is 6.51. The Morgan fingerprint density at radius 1 is 1.17 bits per heavy atom. The first kappa shape index (κ1) is 20.5. The summed E-state index contributed by atoms with van der Waals surface area (Å²) in [6, 6.07) is 15.8. The van der Waals surface area contributed by atoms with E-state index in [0.29, 0.717) is 5.13 Å². The molecule has 2 atom stereocenters. The maximum Gasteiger partial charge on any atom is 0.205 e. The largest absolute Gasteiger partial charge is 0.497 e. The van der Waals surface area contributed by atoms with E-state index in [0.717, 1.165) is 35.0 Å². The number of nitrogens with one attached hydrogen (secondary N) is 1. The number of hydrogen-bond donors (Lipinski definition) is 1. The summed E-state index contributed by atoms with van der Waals surface area (Å²) in [6.07, 6.45) is 3.89. The van der Waals surface area contributed by atoms with Crippen LogP contribution in [0.1, 0.15) is 28.6 Å². The molecule has 8 heteroatoms. The number of azo groups is 1. The molecule has 1 aliphatic rings. The van der Waals surface area contributed by atoms with Crippen LogP contribution in [0.2, 0.25) is 0 Å². The van der Waals surface area contributed by atoms with Crippen LogP contribution in [-0.4, -0.2) is 18.3 Å². The molecular formula is C22H22ClN5OS. The summed E-state index contributed by atoms with van der Waals surface area (Å²) < 4.78 is 5.15. The standard InChI is InChI=1S/C22H22ClN5OS/c1-14-21(27-26-17-9-11-18(29-2)12-10-17)30-22(25-14)28-24-13-16-8-7-15-5-3-4-6-19(15)20(16)23/h3-6,9-13,16,20H,7-8H2,1-2H3,(H,25,28)/b24-13+,27-26?. The fourth-order valence-electron chi connectivity index (χ4n) is 3.35. The van der Waals surface area contributed by atoms with Crippen molar-refractivity contribution >= 4 is 45.0 Å². The molecule has 154 valence electrons. The number of thiazole rings is 1. The van der Waals surface area contributed by atoms with Gasteiger partial charge in [0.1, 0.15) is 5.75 Å². The quantitative estimate of drug-likeness (QED) is 0.198. The van der Waals surface area contributed by atoms with E-state index >= 15 is 0 Å². The van der Waals surface area contributed by atoms with E-state index in [4.69, 9.17) is 16.3 Å². The van der Waals surface area contributed by atoms with Crippen molar-refractivity contribution in [2.75, 3.05) is 12.5 Å². The Morgan fingerprint density at radius 3 is 2.77 bits per heavy atom. The van der Waals surface area contributed by atoms with Crippen molar-refractivity contribution in [3.8, 4) is 5.75 Å². The average molecular weight is 440 g/mol. The van der Waals surface area contributed by atoms with E-state index in [9.17, 15) is 0 Å². The van der Waals surface area contributed by atoms with Crippen LogP contribution in [0.5, 0.6) is 5.75 Å². The van der Waals surface area contributed by atoms with Crippen LogP contribution in [-0.2, 0) is 6.42 Å². The van der Waals surface area contributed by atoms with Crippen molar-refractivity contribution in [3.05, 3.63) is 65.4 Å². The highest BCUT2D eigenvalue weighted by atomic mass is 35.5. The van der Waals surface area contributed by atoms with Gasteiger partial charge in [-0.1, -0.05) is 35.6 Å². The summed E-state index contributed by atoms with van der Waals surface area (Å²) >= 11 is 8.08. The second-order valence-electron chi connectivity index (χ2n) is 7.00. The molecule has 0 saturated heterocycles. The summed E-state index contributed by atoms with van der Waals surface area (Å²) in [4.78, 5) is 4.47. The number of aryl methyl sites for hydroxylation is 2. The average Bonchev–Trinajstić information content (AvgIpc) is 3.13. The first-order valence-corrected chi connectivity index (χ1v) is 10.9. The number of ether oxygens (including phenoxy) is 1. The van der Waals surface area contributed by atoms with Crippen LogP contribution in [0.15, 0.2) is 63.9 Å². The highest BCUT2D eigenvalue weighted by molar-refractivity contribution is 7.19. The molecule has 4 rings (SSSR count). The Labute approximate surface area is 184 Å². The third kappa shape index (κ3) is 4.68. The van der Waals surface area contributed by atoms with Gasteiger partial charge in [-0.15, -0.1) is 21.8 Å². The van der Waals surface area contributed by atoms with Crippen LogP contribution < -0.4 is 10.2 Å². The Balaban J connectivity index is 1.38. The lowest BCUT2D eigenvalue weighted by molar-refractivity contribution is 0.415. The molecule has 1 aliphatic carbocycles. The Kier molecular flexibility index (Phi) is 6.40. The number of nitrogens with zero attached hydrogens (tertiary/aromatic N) is 4. The zero-order valence-electron chi connectivity index (χ0n) is 16.7. The number of halogens is 1. The molecule has 0 fully saturated rings. The molecule has 30 heavy (non-hydrogen) atoms. The normalized spacial score (nSPS) is 18.6. The van der Waals surface area contributed by atoms with Crippen molar-refractivity contribution in [2.24, 2.45) is 21.2 Å². The van der Waals surface area contributed by atoms with Gasteiger partial charge in [0, 0.05) is 12.1 Å². The summed E-state index contributed by atoms with van der Waals surface area (Å²) in [5.41, 5.74) is 7.10. The van der Waals surface area contributed by atoms with Gasteiger partial charge in [-0.25, -0.2) is 4.98 Å². The molecule has 0 radical (unpaired) electrons. The molecule has 3 aromatic rings. The zero-order valence-corrected chi connectivity index (χ0v) is 18.3. The minimum absolute atomic E-state index is 0.0626. The van der Waals surface area contributed by atoms with Gasteiger partial charge >= 0.3 is 0 Å². The van der Waals surface area contributed by atoms with E-state index < -0.39 is 0 Å². The highest BCUT2D eigenvalue weighted by Crippen LogP contribution is 2.38. The van der Waals surface area contributed by atoms with Crippen molar-refractivity contribution in [3.63, 3.8) is 0 Å². The van der Waals surface area contributed by atoms with Gasteiger partial charge in [0.05, 0.1) is 23.9 Å². The van der Waals surface area contributed by atoms with E-state index in [-0.39, 0.29) is 11.3 Å². The van der Waals surface area contributed by atoms with Crippen LogP contribution >= 0.6 is 22.9 Å². The lowest BCUT2D eigenvalue weighted by atomic mass is 9.84. The maximum absolute atomic E-state index is 6.68. The number of anilines is 1. The topological polar surface area (TPSA) is 71.2 Å². The van der Waals surface area contributed by atoms with Gasteiger partial charge < -0.3 is 4.74 Å². The molecule has 1 aromatic heterocycles. The van der Waals surface area contributed by atoms with Crippen molar-refractivity contribution in [1.82, 2.24) is 4.98 Å². The number of rotatable bonds is 6. The van der Waals surface area contributed by atoms with Gasteiger partial charge in [-0.2, -0.15) is 5.10 Å². The second kappa shape index (κ2) is 9.36. The monoisotopic (exact) mass is 439 g/mol. The summed E-state index contributed by atoms with van der Waals surface area (Å²) in [5, 5.41) is 14.3. The first-order valence-electron chi connectivity index (χ1n) is 9.68. The Bertz CT molecular complexity index is 1060. The third-order valence-electron chi connectivity index (χ3n) is 5.00. The lowest BCUT2D eigenvalue weighted by Gasteiger charge is -2.26. The minimum atomic E-state index is -0.0626. The van der Waals surface area contributed by atoms with Crippen LogP contribution in [0.25, 0.3) is 0 Å². The first-order chi connectivity index (χ1) is 14.6. The molecule has 6 nitrogen and oxygen atoms in total. The van der Waals surface area contributed by atoms with Crippen molar-refractivity contribution in [2.45, 2.75) is 25.1 Å². The smallest absolute Gasteiger partial charge is 0.205 e. The Morgan fingerprint density at radius 2 is 1.97 bits per heavy atom. The number of fused-ring (bicyclic) bond motifs is 1. The number of alkyl halides is 1. The molecule has 0 spiro atoms. The van der Waals surface area contributed by atoms with Gasteiger partial charge in [-0.3, -0.25) is 5.43 Å². The molecule has 0 saturated carbocycles. The van der Waals surface area contributed by atoms with Gasteiger partial charge in [0.2, 0.25) is 5.13 Å². The van der Waals surface area contributed by atoms with E-state index in [2.05, 4.69) is 43.9 Å². The SMILES string of the molecule is COc1ccc(N=Nc2sc(N/N=C/C3CCc4ccccc4C3Cl)nc2C)cc1. The maximum atomic E-state index is 6.68. The summed E-state index contributed by atoms with van der Waals surface area (Å²) in [6.45, 7) is 1.90. The number of benzene rings is 2. The molecule has 1 N–H and O–H groups in total. The molecular weight excluding hydrogens is 418 g/mol. The zero-order chi connectivity index (χ0) is 20.9. The molecule has 2 aromatic carbocycles. The van der Waals surface area contributed by atoms with E-state index in [1.54, 1.807) is 7.11 Å². The highest BCUT2D eigenvalue weighted by Gasteiger charge is 2.26. The predicted molar refractivity (Wildman–Crippen MR) is 123 cm³/mol. The van der Waals surface area contributed by atoms with Crippen LogP contribution in [0.4, 0.5) is 15.8 Å². The molecule has 0 amide bonds. The molecule has 1 heterocycles. The summed E-state index contributed by atoms with van der Waals surface area (Å²) in [7, 11) is 1.63. The predicted octanol–water partition coefficient (Wildman–Crippen LogP) is 6.82. The number of aromatic nitrogens is 1. The van der Waals surface area contributed by atoms with Crippen molar-refractivity contribution in [1.29, 1.82) is 0 Å². The lowest BCUT2D eigenvalue weighted by Crippen LogP contribution is -2.18. The van der Waals surface area contributed by atoms with E-state index in [1.807, 2.05) is 43.5 Å². The number of hydrogen-bond acceptors (Lipinski definition) is 7. The fraction of sp³-hybridized carbons (Fsp3) is 0.273. The van der Waals surface area contributed by atoms with Gasteiger partial charge in [-0.05, 0) is 55.2 Å². The minimum Gasteiger partial charge on any atom is -0.497 e. The Hall–Kier alpha value is -2.77. The van der Waals surface area contributed by atoms with Crippen LogP contribution in [0, 0.1) is 12.8 Å². The fourth-order valence-corrected chi connectivity index (χ4v) is 4.49. The van der Waals surface area contributed by atoms with Crippen molar-refractivity contribution < 1.29 is 4.74 Å². The van der Waals surface area contributed by atoms with Crippen LogP contribution in [0.3, 0.4) is 0 Å². The molecule has 0 aliphatic heterocycles. The molecule has 2 unspecified atom stereocenters. The second-order valence-corrected chi connectivity index (χ2v) is 8.45. The van der Waals surface area contributed by atoms with Gasteiger partial charge in [0.25, 0.3) is 0 Å². The summed E-state index contributed by atoms with van der Waals surface area (Å²) in [5.74, 6) is 0.970. The number of methoxy groups -OCH3 is 1. The van der Waals surface area contributed by atoms with Gasteiger partial charge in [0.15, 0.2) is 5.00 Å². The molecule has 0 bridgehead atoms. The number of hydrazone groups is 1.